The van der Waals surface area contributed by atoms with Gasteiger partial charge < -0.3 is 29.9 Å². The minimum Gasteiger partial charge on any atom is -0.393 e. The molecule has 0 aromatic rings. The molecular weight excluding hydrogens is 793 g/mol. The summed E-state index contributed by atoms with van der Waals surface area (Å²) < 4.78 is 12.2. The van der Waals surface area contributed by atoms with Gasteiger partial charge >= 0.3 is 0 Å². The third kappa shape index (κ3) is 14.8. The molecule has 4 N–H and O–H groups in total. The fourth-order valence-electron chi connectivity index (χ4n) is 11.1. The maximum atomic E-state index is 10.1. The van der Waals surface area contributed by atoms with Gasteiger partial charge in [0.25, 0.3) is 0 Å². The summed E-state index contributed by atoms with van der Waals surface area (Å²) in [4.78, 5) is 0. The topological polar surface area (TPSA) is 99.4 Å². The Morgan fingerprint density at radius 3 is 1.77 bits per heavy atom. The van der Waals surface area contributed by atoms with E-state index < -0.39 is 24.4 Å². The number of aliphatic hydroxyl groups is 4. The largest absolute Gasteiger partial charge is 0.393 e. The van der Waals surface area contributed by atoms with Crippen LogP contribution in [-0.2, 0) is 9.47 Å². The molecule has 360 valence electrons. The predicted octanol–water partition coefficient (Wildman–Crippen LogP) is 12.6. The molecule has 0 radical (unpaired) electrons. The van der Waals surface area contributed by atoms with Crippen LogP contribution in [0.2, 0.25) is 0 Å². The van der Waals surface area contributed by atoms with E-state index in [1.165, 1.54) is 42.4 Å². The highest BCUT2D eigenvalue weighted by Crippen LogP contribution is 2.57. The van der Waals surface area contributed by atoms with E-state index in [0.29, 0.717) is 63.3 Å². The molecule has 0 bridgehead atoms. The predicted molar refractivity (Wildman–Crippen MR) is 270 cm³/mol. The Labute approximate surface area is 392 Å². The van der Waals surface area contributed by atoms with E-state index in [2.05, 4.69) is 130 Å². The van der Waals surface area contributed by atoms with Crippen molar-refractivity contribution in [3.05, 3.63) is 82.5 Å². The van der Waals surface area contributed by atoms with E-state index in [9.17, 15) is 20.4 Å². The molecule has 5 fully saturated rings. The van der Waals surface area contributed by atoms with Gasteiger partial charge in [0.1, 0.15) is 13.2 Å². The lowest BCUT2D eigenvalue weighted by molar-refractivity contribution is -0.0200. The summed E-state index contributed by atoms with van der Waals surface area (Å²) in [6.07, 6.45) is 21.5. The van der Waals surface area contributed by atoms with E-state index in [0.717, 1.165) is 54.4 Å². The average molecular weight is 885 g/mol. The maximum absolute atomic E-state index is 10.1. The van der Waals surface area contributed by atoms with Crippen molar-refractivity contribution in [1.29, 1.82) is 0 Å². The van der Waals surface area contributed by atoms with Crippen molar-refractivity contribution in [2.75, 3.05) is 19.8 Å². The third-order valence-electron chi connectivity index (χ3n) is 14.4. The number of aliphatic hydroxyl groups excluding tert-OH is 4. The Balaban J connectivity index is 0.000000422. The van der Waals surface area contributed by atoms with E-state index >= 15 is 0 Å². The molecule has 6 heteroatoms. The van der Waals surface area contributed by atoms with Crippen molar-refractivity contribution in [2.24, 2.45) is 39.4 Å². The minimum atomic E-state index is -0.631. The van der Waals surface area contributed by atoms with Gasteiger partial charge in [-0.1, -0.05) is 127 Å². The number of fused-ring (bicyclic) bond motifs is 2. The van der Waals surface area contributed by atoms with Crippen molar-refractivity contribution >= 4 is 0 Å². The summed E-state index contributed by atoms with van der Waals surface area (Å²) in [7, 11) is 0. The summed E-state index contributed by atoms with van der Waals surface area (Å²) in [6, 6.07) is 0. The second-order valence-electron chi connectivity index (χ2n) is 21.7. The normalized spacial score (nSPS) is 34.3. The summed E-state index contributed by atoms with van der Waals surface area (Å²) in [5, 5.41) is 40.3. The lowest BCUT2D eigenvalue weighted by atomic mass is 9.62. The fourth-order valence-corrected chi connectivity index (χ4v) is 11.1. The van der Waals surface area contributed by atoms with Crippen molar-refractivity contribution < 1.29 is 29.9 Å². The molecule has 6 aliphatic rings. The molecule has 0 aromatic carbocycles. The van der Waals surface area contributed by atoms with E-state index in [1.54, 1.807) is 0 Å². The second kappa shape index (κ2) is 24.2. The molecule has 6 rings (SSSR count). The lowest BCUT2D eigenvalue weighted by Crippen LogP contribution is -2.37. The van der Waals surface area contributed by atoms with Gasteiger partial charge in [-0.15, -0.1) is 0 Å². The zero-order valence-electron chi connectivity index (χ0n) is 39.3. The van der Waals surface area contributed by atoms with Crippen LogP contribution in [0.25, 0.3) is 0 Å². The van der Waals surface area contributed by atoms with Crippen LogP contribution in [0.3, 0.4) is 0 Å². The minimum absolute atomic E-state index is 0. The molecule has 0 aliphatic heterocycles. The zero-order valence-corrected chi connectivity index (χ0v) is 39.3. The monoisotopic (exact) mass is 885 g/mol. The van der Waals surface area contributed by atoms with Crippen LogP contribution in [0.15, 0.2) is 82.5 Å². The summed E-state index contributed by atoms with van der Waals surface area (Å²) in [5.41, 5.74) is 8.40. The van der Waals surface area contributed by atoms with Crippen LogP contribution in [-0.4, -0.2) is 70.8 Å². The van der Waals surface area contributed by atoms with Gasteiger partial charge in [0.15, 0.2) is 0 Å². The van der Waals surface area contributed by atoms with Crippen LogP contribution in [0.5, 0.6) is 0 Å². The van der Waals surface area contributed by atoms with E-state index in [-0.39, 0.29) is 50.0 Å². The van der Waals surface area contributed by atoms with Gasteiger partial charge in [0.2, 0.25) is 0 Å². The van der Waals surface area contributed by atoms with Crippen molar-refractivity contribution in [3.63, 3.8) is 0 Å². The van der Waals surface area contributed by atoms with Crippen LogP contribution in [0.4, 0.5) is 0 Å². The van der Waals surface area contributed by atoms with Crippen LogP contribution in [0, 0.1) is 63.1 Å². The number of rotatable bonds is 8. The molecule has 0 saturated heterocycles. The maximum Gasteiger partial charge on any atom is 0.108 e. The van der Waals surface area contributed by atoms with E-state index in [4.69, 9.17) is 9.47 Å². The number of allylic oxidation sites excluding steroid dienone is 7. The highest BCUT2D eigenvalue weighted by molar-refractivity contribution is 5.41. The first-order valence-corrected chi connectivity index (χ1v) is 23.4. The van der Waals surface area contributed by atoms with Gasteiger partial charge in [0.05, 0.1) is 37.1 Å². The quantitative estimate of drug-likeness (QED) is 0.110. The lowest BCUT2D eigenvalue weighted by Gasteiger charge is -2.42. The van der Waals surface area contributed by atoms with Crippen LogP contribution in [0.1, 0.15) is 168 Å². The highest BCUT2D eigenvalue weighted by atomic mass is 16.5. The summed E-state index contributed by atoms with van der Waals surface area (Å²) in [5.74, 6) is 14.3. The second-order valence-corrected chi connectivity index (χ2v) is 21.7. The van der Waals surface area contributed by atoms with Crippen LogP contribution >= 0.6 is 0 Å². The zero-order chi connectivity index (χ0) is 44.8. The summed E-state index contributed by atoms with van der Waals surface area (Å²) >= 11 is 0. The SMILES string of the molecule is C.C.C.C=C1/C(=C\C=C2/CCC[C@]3(C)C([C@H](C)COCC#CC(C)(C)C)=CC[C@@H]23)C[C@@H](O)C[C@@H]1O.C=C1/C(=C\C=C2/CCC[C@]3(C)[C@@H](OCC#CC(C)(C)C)CC[C@@H]23)C[C@@H](O)C[C@@H]1O. The molecule has 6 aliphatic carbocycles. The molecule has 0 amide bonds. The number of hydrogen-bond acceptors (Lipinski definition) is 6. The van der Waals surface area contributed by atoms with Gasteiger partial charge in [-0.2, -0.15) is 0 Å². The third-order valence-corrected chi connectivity index (χ3v) is 14.4. The molecule has 6 nitrogen and oxygen atoms in total. The first kappa shape index (κ1) is 57.2. The Morgan fingerprint density at radius 1 is 0.734 bits per heavy atom. The number of hydrogen-bond donors (Lipinski definition) is 4. The molecule has 5 saturated carbocycles. The molecular formula is C58H92O6. The molecule has 10 atom stereocenters. The molecule has 0 spiro atoms. The number of ether oxygens (including phenoxy) is 2. The van der Waals surface area contributed by atoms with Crippen molar-refractivity contribution in [1.82, 2.24) is 0 Å². The molecule has 0 heterocycles. The molecule has 0 unspecified atom stereocenters. The van der Waals surface area contributed by atoms with Crippen molar-refractivity contribution in [2.45, 2.75) is 199 Å². The van der Waals surface area contributed by atoms with Crippen molar-refractivity contribution in [3.8, 4) is 23.7 Å². The Morgan fingerprint density at radius 2 is 1.23 bits per heavy atom. The molecule has 0 aromatic heterocycles. The van der Waals surface area contributed by atoms with Gasteiger partial charge in [-0.3, -0.25) is 0 Å². The van der Waals surface area contributed by atoms with Crippen LogP contribution < -0.4 is 0 Å². The first-order valence-electron chi connectivity index (χ1n) is 23.4. The smallest absolute Gasteiger partial charge is 0.108 e. The van der Waals surface area contributed by atoms with Gasteiger partial charge in [-0.25, -0.2) is 0 Å². The standard InChI is InChI=1S/C29H42O3.C26H38O3.3CH4/c1-20(19-32-16-8-14-28(3,4)5)25-12-13-26-22(9-7-15-29(25,26)6)10-11-23-17-24(30)18-27(31)21(23)2;1-18-20(16-21(27)17-23(18)28)10-9-19-8-6-14-26(5)22(19)11-12-24(26)29-15-7-13-25(2,3)4;;;/h10-12,20,24,26-27,30-31H,2,7,9,13,15-19H2,1,3-6H3;9-10,21-24,27-28H,1,6,8,11-12,14-17H2,2-5H3;3*1H4/b22-10+,23-11-;19-9+,20-10-;;;/t20-,24-,26+,27+,29-;21-,22+,23+,24+,26+;;;/m11.../s1. The van der Waals surface area contributed by atoms with Gasteiger partial charge in [-0.05, 0) is 152 Å². The summed E-state index contributed by atoms with van der Waals surface area (Å²) in [6.45, 7) is 29.6. The fraction of sp³-hybridized carbons (Fsp3) is 0.690. The average Bonchev–Trinajstić information content (AvgIpc) is 3.71. The molecule has 64 heavy (non-hydrogen) atoms. The van der Waals surface area contributed by atoms with E-state index in [1.807, 2.05) is 0 Å². The van der Waals surface area contributed by atoms with Gasteiger partial charge in [0, 0.05) is 35.0 Å². The Bertz CT molecular complexity index is 1870. The Kier molecular flexibility index (Phi) is 21.6. The highest BCUT2D eigenvalue weighted by Gasteiger charge is 2.50. The Hall–Kier alpha value is -2.94. The first-order chi connectivity index (χ1) is 28.6.